The number of aryl methyl sites for hydroxylation is 1. The number of rotatable bonds is 8. The van der Waals surface area contributed by atoms with Gasteiger partial charge in [-0.1, -0.05) is 61.3 Å². The molecule has 0 bridgehead atoms. The molecule has 0 spiro atoms. The third-order valence-electron chi connectivity index (χ3n) is 4.85. The number of carbonyl (C=O) groups is 2. The van der Waals surface area contributed by atoms with Crippen LogP contribution in [0.5, 0.6) is 0 Å². The lowest BCUT2D eigenvalue weighted by Gasteiger charge is -2.14. The Morgan fingerprint density at radius 3 is 2.59 bits per heavy atom. The molecule has 0 aliphatic rings. The molecule has 1 heterocycles. The number of nitrogens with zero attached hydrogens (tertiary/aromatic N) is 2. The van der Waals surface area contributed by atoms with E-state index in [1.54, 1.807) is 10.6 Å². The summed E-state index contributed by atoms with van der Waals surface area (Å²) in [6.07, 6.45) is 3.34. The Morgan fingerprint density at radius 2 is 1.93 bits per heavy atom. The van der Waals surface area contributed by atoms with Gasteiger partial charge < -0.3 is 9.30 Å². The van der Waals surface area contributed by atoms with Crippen LogP contribution in [0.4, 0.5) is 0 Å². The molecule has 29 heavy (non-hydrogen) atoms. The average Bonchev–Trinajstić information content (AvgIpc) is 3.06. The van der Waals surface area contributed by atoms with Gasteiger partial charge >= 0.3 is 5.97 Å². The van der Waals surface area contributed by atoms with Gasteiger partial charge in [0.05, 0.1) is 19.2 Å². The number of imidazole rings is 1. The van der Waals surface area contributed by atoms with E-state index in [9.17, 15) is 9.59 Å². The number of methoxy groups -OCH3 is 1. The molecule has 5 nitrogen and oxygen atoms in total. The second kappa shape index (κ2) is 9.52. The summed E-state index contributed by atoms with van der Waals surface area (Å²) in [7, 11) is 1.36. The SMILES string of the molecule is CCCCc1nc(Cl)c(C=O)n1Cc1cc(-c2ccccc2)ccc1C(=O)OC. The third-order valence-corrected chi connectivity index (χ3v) is 5.13. The van der Waals surface area contributed by atoms with E-state index in [0.717, 1.165) is 35.4 Å². The van der Waals surface area contributed by atoms with E-state index in [1.165, 1.54) is 7.11 Å². The van der Waals surface area contributed by atoms with Crippen molar-refractivity contribution in [3.05, 3.63) is 76.3 Å². The van der Waals surface area contributed by atoms with Crippen LogP contribution in [0.15, 0.2) is 48.5 Å². The third kappa shape index (κ3) is 4.57. The summed E-state index contributed by atoms with van der Waals surface area (Å²) in [5.74, 6) is 0.313. The number of hydrogen-bond donors (Lipinski definition) is 0. The smallest absolute Gasteiger partial charge is 0.338 e. The van der Waals surface area contributed by atoms with Crippen molar-refractivity contribution in [1.82, 2.24) is 9.55 Å². The molecule has 3 aromatic rings. The Labute approximate surface area is 175 Å². The molecule has 150 valence electrons. The highest BCUT2D eigenvalue weighted by molar-refractivity contribution is 6.31. The highest BCUT2D eigenvalue weighted by Gasteiger charge is 2.19. The number of aldehydes is 1. The standard InChI is InChI=1S/C23H23ClN2O3/c1-3-4-10-21-25-22(24)20(15-27)26(21)14-18-13-17(16-8-6-5-7-9-16)11-12-19(18)23(28)29-2/h5-9,11-13,15H,3-4,10,14H2,1-2H3. The lowest BCUT2D eigenvalue weighted by atomic mass is 9.99. The van der Waals surface area contributed by atoms with Crippen molar-refractivity contribution in [3.63, 3.8) is 0 Å². The summed E-state index contributed by atoms with van der Waals surface area (Å²) in [6, 6.07) is 15.5. The minimum absolute atomic E-state index is 0.185. The van der Waals surface area contributed by atoms with Crippen molar-refractivity contribution in [2.24, 2.45) is 0 Å². The Bertz CT molecular complexity index is 1010. The van der Waals surface area contributed by atoms with Crippen LogP contribution in [0.25, 0.3) is 11.1 Å². The van der Waals surface area contributed by atoms with Gasteiger partial charge in [0, 0.05) is 6.42 Å². The van der Waals surface area contributed by atoms with Gasteiger partial charge in [-0.2, -0.15) is 0 Å². The van der Waals surface area contributed by atoms with Gasteiger partial charge in [-0.15, -0.1) is 0 Å². The van der Waals surface area contributed by atoms with Crippen molar-refractivity contribution in [2.45, 2.75) is 32.7 Å². The molecule has 1 aromatic heterocycles. The highest BCUT2D eigenvalue weighted by Crippen LogP contribution is 2.26. The number of ether oxygens (including phenoxy) is 1. The molecule has 0 saturated carbocycles. The lowest BCUT2D eigenvalue weighted by Crippen LogP contribution is -2.13. The number of unbranched alkanes of at least 4 members (excludes halogenated alkanes) is 1. The van der Waals surface area contributed by atoms with Crippen LogP contribution in [-0.4, -0.2) is 28.9 Å². The molecule has 0 radical (unpaired) electrons. The molecule has 0 saturated heterocycles. The molecule has 0 fully saturated rings. The Balaban J connectivity index is 2.09. The molecular weight excluding hydrogens is 388 g/mol. The molecule has 0 unspecified atom stereocenters. The fourth-order valence-electron chi connectivity index (χ4n) is 3.31. The number of halogens is 1. The van der Waals surface area contributed by atoms with Gasteiger partial charge in [0.2, 0.25) is 0 Å². The van der Waals surface area contributed by atoms with Crippen LogP contribution >= 0.6 is 11.6 Å². The monoisotopic (exact) mass is 410 g/mol. The zero-order chi connectivity index (χ0) is 20.8. The maximum absolute atomic E-state index is 12.3. The summed E-state index contributed by atoms with van der Waals surface area (Å²) in [6.45, 7) is 2.40. The summed E-state index contributed by atoms with van der Waals surface area (Å²) in [5, 5.41) is 0.185. The molecule has 0 aliphatic carbocycles. The minimum Gasteiger partial charge on any atom is -0.465 e. The predicted molar refractivity (Wildman–Crippen MR) is 114 cm³/mol. The van der Waals surface area contributed by atoms with E-state index < -0.39 is 5.97 Å². The van der Waals surface area contributed by atoms with Gasteiger partial charge in [-0.3, -0.25) is 4.79 Å². The van der Waals surface area contributed by atoms with Crippen molar-refractivity contribution in [1.29, 1.82) is 0 Å². The zero-order valence-corrected chi connectivity index (χ0v) is 17.3. The van der Waals surface area contributed by atoms with Crippen molar-refractivity contribution in [3.8, 4) is 11.1 Å². The summed E-state index contributed by atoms with van der Waals surface area (Å²) in [5.41, 5.74) is 3.53. The van der Waals surface area contributed by atoms with Gasteiger partial charge in [-0.05, 0) is 35.2 Å². The minimum atomic E-state index is -0.423. The zero-order valence-electron chi connectivity index (χ0n) is 16.5. The first-order valence-electron chi connectivity index (χ1n) is 9.55. The molecule has 6 heteroatoms. The van der Waals surface area contributed by atoms with Gasteiger partial charge in [0.1, 0.15) is 11.5 Å². The molecule has 0 amide bonds. The van der Waals surface area contributed by atoms with E-state index in [0.29, 0.717) is 30.5 Å². The topological polar surface area (TPSA) is 61.2 Å². The van der Waals surface area contributed by atoms with Crippen LogP contribution in [0.1, 0.15) is 52.0 Å². The largest absolute Gasteiger partial charge is 0.465 e. The number of carbonyl (C=O) groups excluding carboxylic acids is 2. The van der Waals surface area contributed by atoms with Crippen molar-refractivity contribution < 1.29 is 14.3 Å². The quantitative estimate of drug-likeness (QED) is 0.378. The molecule has 0 aliphatic heterocycles. The van der Waals surface area contributed by atoms with Crippen LogP contribution in [0.3, 0.4) is 0 Å². The maximum atomic E-state index is 12.3. The van der Waals surface area contributed by atoms with Crippen molar-refractivity contribution >= 4 is 23.9 Å². The van der Waals surface area contributed by atoms with Gasteiger partial charge in [0.25, 0.3) is 0 Å². The predicted octanol–water partition coefficient (Wildman–Crippen LogP) is 5.19. The van der Waals surface area contributed by atoms with Gasteiger partial charge in [-0.25, -0.2) is 9.78 Å². The van der Waals surface area contributed by atoms with E-state index >= 15 is 0 Å². The molecule has 0 atom stereocenters. The normalized spacial score (nSPS) is 10.7. The summed E-state index contributed by atoms with van der Waals surface area (Å²) >= 11 is 6.20. The summed E-state index contributed by atoms with van der Waals surface area (Å²) in [4.78, 5) is 28.4. The first-order chi connectivity index (χ1) is 14.1. The second-order valence-electron chi connectivity index (χ2n) is 6.74. The molecule has 3 rings (SSSR count). The molecular formula is C23H23ClN2O3. The number of hydrogen-bond acceptors (Lipinski definition) is 4. The fourth-order valence-corrected chi connectivity index (χ4v) is 3.55. The first kappa shape index (κ1) is 20.8. The van der Waals surface area contributed by atoms with E-state index in [4.69, 9.17) is 16.3 Å². The van der Waals surface area contributed by atoms with Crippen LogP contribution in [-0.2, 0) is 17.7 Å². The Morgan fingerprint density at radius 1 is 1.17 bits per heavy atom. The summed E-state index contributed by atoms with van der Waals surface area (Å²) < 4.78 is 6.75. The number of esters is 1. The van der Waals surface area contributed by atoms with E-state index in [-0.39, 0.29) is 5.15 Å². The van der Waals surface area contributed by atoms with E-state index in [1.807, 2.05) is 42.5 Å². The van der Waals surface area contributed by atoms with Crippen LogP contribution in [0.2, 0.25) is 5.15 Å². The van der Waals surface area contributed by atoms with Crippen molar-refractivity contribution in [2.75, 3.05) is 7.11 Å². The second-order valence-corrected chi connectivity index (χ2v) is 7.10. The number of benzene rings is 2. The molecule has 0 N–H and O–H groups in total. The Hall–Kier alpha value is -2.92. The first-order valence-corrected chi connectivity index (χ1v) is 9.93. The average molecular weight is 411 g/mol. The lowest BCUT2D eigenvalue weighted by molar-refractivity contribution is 0.0599. The van der Waals surface area contributed by atoms with Crippen LogP contribution in [0, 0.1) is 0 Å². The van der Waals surface area contributed by atoms with Crippen LogP contribution < -0.4 is 0 Å². The fraction of sp³-hybridized carbons (Fsp3) is 0.261. The Kier molecular flexibility index (Phi) is 6.83. The molecule has 2 aromatic carbocycles. The highest BCUT2D eigenvalue weighted by atomic mass is 35.5. The maximum Gasteiger partial charge on any atom is 0.338 e. The van der Waals surface area contributed by atoms with E-state index in [2.05, 4.69) is 11.9 Å². The number of aromatic nitrogens is 2. The van der Waals surface area contributed by atoms with Gasteiger partial charge in [0.15, 0.2) is 11.4 Å².